The lowest BCUT2D eigenvalue weighted by molar-refractivity contribution is -0.136. The van der Waals surface area contributed by atoms with Gasteiger partial charge in [-0.3, -0.25) is 9.59 Å². The van der Waals surface area contributed by atoms with E-state index < -0.39 is 0 Å². The number of hydrogen-bond acceptors (Lipinski definition) is 3. The molecule has 0 aromatic heterocycles. The molecule has 17 heavy (non-hydrogen) atoms. The van der Waals surface area contributed by atoms with Crippen molar-refractivity contribution in [2.24, 2.45) is 11.7 Å². The first kappa shape index (κ1) is 14.0. The minimum absolute atomic E-state index is 0.0666. The monoisotopic (exact) mass is 241 g/mol. The number of likely N-dealkylation sites (tertiary alicyclic amines) is 1. The van der Waals surface area contributed by atoms with Gasteiger partial charge in [-0.15, -0.1) is 0 Å². The summed E-state index contributed by atoms with van der Waals surface area (Å²) < 4.78 is 0. The number of nitrogens with zero attached hydrogens (tertiary/aromatic N) is 1. The van der Waals surface area contributed by atoms with Gasteiger partial charge in [0.05, 0.1) is 12.5 Å². The minimum Gasteiger partial charge on any atom is -0.369 e. The lowest BCUT2D eigenvalue weighted by atomic mass is 9.93. The number of hydrogen-bond donors (Lipinski definition) is 2. The molecule has 1 fully saturated rings. The van der Waals surface area contributed by atoms with E-state index in [-0.39, 0.29) is 23.8 Å². The van der Waals surface area contributed by atoms with Gasteiger partial charge in [0.1, 0.15) is 0 Å². The van der Waals surface area contributed by atoms with E-state index in [0.717, 1.165) is 25.8 Å². The number of carbonyl (C=O) groups excluding carboxylic acids is 2. The maximum absolute atomic E-state index is 12.0. The van der Waals surface area contributed by atoms with Gasteiger partial charge in [-0.1, -0.05) is 6.92 Å². The molecule has 5 nitrogen and oxygen atoms in total. The molecule has 0 aliphatic carbocycles. The summed E-state index contributed by atoms with van der Waals surface area (Å²) in [6, 6.07) is 0.210. The highest BCUT2D eigenvalue weighted by Crippen LogP contribution is 2.21. The first-order chi connectivity index (χ1) is 8.06. The molecule has 1 aliphatic heterocycles. The topological polar surface area (TPSA) is 75.4 Å². The molecule has 0 radical (unpaired) electrons. The average Bonchev–Trinajstić information content (AvgIpc) is 2.29. The van der Waals surface area contributed by atoms with Gasteiger partial charge in [-0.05, 0) is 32.7 Å². The summed E-state index contributed by atoms with van der Waals surface area (Å²) in [5.74, 6) is -0.408. The van der Waals surface area contributed by atoms with Crippen molar-refractivity contribution in [3.63, 3.8) is 0 Å². The highest BCUT2D eigenvalue weighted by molar-refractivity contribution is 5.81. The fourth-order valence-corrected chi connectivity index (χ4v) is 2.16. The number of amides is 2. The molecule has 3 N–H and O–H groups in total. The molecule has 2 atom stereocenters. The van der Waals surface area contributed by atoms with Crippen LogP contribution in [0, 0.1) is 5.92 Å². The summed E-state index contributed by atoms with van der Waals surface area (Å²) in [6.07, 6.45) is 2.66. The van der Waals surface area contributed by atoms with Crippen molar-refractivity contribution in [1.82, 2.24) is 10.2 Å². The van der Waals surface area contributed by atoms with Gasteiger partial charge in [0.25, 0.3) is 0 Å². The number of rotatable bonds is 5. The quantitative estimate of drug-likeness (QED) is 0.670. The minimum atomic E-state index is -0.295. The van der Waals surface area contributed by atoms with Gasteiger partial charge in [0.15, 0.2) is 0 Å². The van der Waals surface area contributed by atoms with Crippen LogP contribution in [0.1, 0.15) is 33.1 Å². The van der Waals surface area contributed by atoms with Crippen molar-refractivity contribution in [3.8, 4) is 0 Å². The third-order valence-electron chi connectivity index (χ3n) is 3.31. The lowest BCUT2D eigenvalue weighted by Gasteiger charge is -2.37. The van der Waals surface area contributed by atoms with Crippen LogP contribution in [-0.4, -0.2) is 42.4 Å². The van der Waals surface area contributed by atoms with Crippen molar-refractivity contribution >= 4 is 11.8 Å². The van der Waals surface area contributed by atoms with E-state index in [2.05, 4.69) is 12.2 Å². The SMILES string of the molecule is CCCNCC(=O)N1CC(C(N)=O)CCC1C. The molecule has 0 spiro atoms. The molecule has 0 bridgehead atoms. The summed E-state index contributed by atoms with van der Waals surface area (Å²) in [5.41, 5.74) is 5.30. The molecule has 2 unspecified atom stereocenters. The maximum atomic E-state index is 12.0. The summed E-state index contributed by atoms with van der Waals surface area (Å²) >= 11 is 0. The number of carbonyl (C=O) groups is 2. The Kier molecular flexibility index (Phi) is 5.41. The first-order valence-electron chi connectivity index (χ1n) is 6.35. The van der Waals surface area contributed by atoms with Crippen LogP contribution in [0.5, 0.6) is 0 Å². The van der Waals surface area contributed by atoms with E-state index in [1.165, 1.54) is 0 Å². The molecule has 0 aromatic carbocycles. The average molecular weight is 241 g/mol. The van der Waals surface area contributed by atoms with Gasteiger partial charge in [-0.2, -0.15) is 0 Å². The number of primary amides is 1. The zero-order valence-corrected chi connectivity index (χ0v) is 10.7. The molecule has 2 amide bonds. The molecule has 1 rings (SSSR count). The molecular formula is C12H23N3O2. The normalized spacial score (nSPS) is 24.7. The Bertz CT molecular complexity index is 281. The van der Waals surface area contributed by atoms with Crippen LogP contribution in [-0.2, 0) is 9.59 Å². The smallest absolute Gasteiger partial charge is 0.236 e. The Labute approximate surface area is 103 Å². The Morgan fingerprint density at radius 2 is 2.12 bits per heavy atom. The van der Waals surface area contributed by atoms with E-state index >= 15 is 0 Å². The van der Waals surface area contributed by atoms with Crippen molar-refractivity contribution in [3.05, 3.63) is 0 Å². The van der Waals surface area contributed by atoms with E-state index in [4.69, 9.17) is 5.73 Å². The molecule has 0 aromatic rings. The predicted molar refractivity (Wildman–Crippen MR) is 66.3 cm³/mol. The van der Waals surface area contributed by atoms with E-state index in [9.17, 15) is 9.59 Å². The van der Waals surface area contributed by atoms with Crippen LogP contribution >= 0.6 is 0 Å². The zero-order chi connectivity index (χ0) is 12.8. The Balaban J connectivity index is 2.48. The van der Waals surface area contributed by atoms with Gasteiger partial charge < -0.3 is 16.0 Å². The molecule has 1 aliphatic rings. The summed E-state index contributed by atoms with van der Waals surface area (Å²) in [6.45, 7) is 5.75. The van der Waals surface area contributed by atoms with Gasteiger partial charge in [0.2, 0.25) is 11.8 Å². The summed E-state index contributed by atoms with van der Waals surface area (Å²) in [5, 5.41) is 3.09. The molecule has 1 saturated heterocycles. The second-order valence-corrected chi connectivity index (χ2v) is 4.75. The van der Waals surface area contributed by atoms with Crippen LogP contribution < -0.4 is 11.1 Å². The highest BCUT2D eigenvalue weighted by atomic mass is 16.2. The van der Waals surface area contributed by atoms with Gasteiger partial charge in [-0.25, -0.2) is 0 Å². The van der Waals surface area contributed by atoms with Crippen molar-refractivity contribution in [2.45, 2.75) is 39.2 Å². The molecule has 0 saturated carbocycles. The Morgan fingerprint density at radius 3 is 2.71 bits per heavy atom. The van der Waals surface area contributed by atoms with Gasteiger partial charge in [0, 0.05) is 12.6 Å². The fraction of sp³-hybridized carbons (Fsp3) is 0.833. The maximum Gasteiger partial charge on any atom is 0.236 e. The standard InChI is InChI=1S/C12H23N3O2/c1-3-6-14-7-11(16)15-8-10(12(13)17)5-4-9(15)2/h9-10,14H,3-8H2,1-2H3,(H2,13,17). The molecule has 1 heterocycles. The van der Waals surface area contributed by atoms with Crippen LogP contribution in [0.3, 0.4) is 0 Å². The second kappa shape index (κ2) is 6.59. The van der Waals surface area contributed by atoms with Crippen molar-refractivity contribution in [1.29, 1.82) is 0 Å². The largest absolute Gasteiger partial charge is 0.369 e. The number of nitrogens with two attached hydrogens (primary N) is 1. The van der Waals surface area contributed by atoms with E-state index in [1.54, 1.807) is 4.90 Å². The third-order valence-corrected chi connectivity index (χ3v) is 3.31. The summed E-state index contributed by atoms with van der Waals surface area (Å²) in [4.78, 5) is 24.9. The van der Waals surface area contributed by atoms with Crippen LogP contribution in [0.25, 0.3) is 0 Å². The first-order valence-corrected chi connectivity index (χ1v) is 6.35. The van der Waals surface area contributed by atoms with Crippen LogP contribution in [0.15, 0.2) is 0 Å². The second-order valence-electron chi connectivity index (χ2n) is 4.75. The van der Waals surface area contributed by atoms with Crippen LogP contribution in [0.4, 0.5) is 0 Å². The number of nitrogens with one attached hydrogen (secondary N) is 1. The lowest BCUT2D eigenvalue weighted by Crippen LogP contribution is -2.51. The van der Waals surface area contributed by atoms with E-state index in [1.807, 2.05) is 6.92 Å². The Morgan fingerprint density at radius 1 is 1.41 bits per heavy atom. The van der Waals surface area contributed by atoms with Gasteiger partial charge >= 0.3 is 0 Å². The molecular weight excluding hydrogens is 218 g/mol. The summed E-state index contributed by atoms with van der Waals surface area (Å²) in [7, 11) is 0. The molecule has 5 heteroatoms. The number of piperidine rings is 1. The molecule has 98 valence electrons. The van der Waals surface area contributed by atoms with Crippen molar-refractivity contribution < 1.29 is 9.59 Å². The zero-order valence-electron chi connectivity index (χ0n) is 10.7. The third kappa shape index (κ3) is 4.00. The van der Waals surface area contributed by atoms with E-state index in [0.29, 0.717) is 13.1 Å². The van der Waals surface area contributed by atoms with Crippen LogP contribution in [0.2, 0.25) is 0 Å². The predicted octanol–water partition coefficient (Wildman–Crippen LogP) is 0.0984. The Hall–Kier alpha value is -1.10. The fourth-order valence-electron chi connectivity index (χ4n) is 2.16. The highest BCUT2D eigenvalue weighted by Gasteiger charge is 2.31. The van der Waals surface area contributed by atoms with Crippen molar-refractivity contribution in [2.75, 3.05) is 19.6 Å².